The van der Waals surface area contributed by atoms with Gasteiger partial charge in [0.1, 0.15) is 0 Å². The van der Waals surface area contributed by atoms with Crippen LogP contribution < -0.4 is 17.0 Å². The number of hydrogen-bond donors (Lipinski definition) is 2. The summed E-state index contributed by atoms with van der Waals surface area (Å²) in [6.07, 6.45) is 1.56. The SMILES string of the molecule is CC(C)Cn1c(=O)[nH]c(=O)c2c1ncn2C(C)CN. The smallest absolute Gasteiger partial charge is 0.328 e. The second kappa shape index (κ2) is 5.00. The molecule has 0 saturated carbocycles. The van der Waals surface area contributed by atoms with E-state index in [1.54, 1.807) is 10.9 Å². The normalized spacial score (nSPS) is 13.3. The molecule has 7 nitrogen and oxygen atoms in total. The quantitative estimate of drug-likeness (QED) is 0.816. The zero-order valence-electron chi connectivity index (χ0n) is 11.4. The van der Waals surface area contributed by atoms with E-state index in [0.717, 1.165) is 0 Å². The van der Waals surface area contributed by atoms with Crippen LogP contribution in [0.1, 0.15) is 26.8 Å². The topological polar surface area (TPSA) is 98.7 Å². The summed E-state index contributed by atoms with van der Waals surface area (Å²) in [6, 6.07) is -0.0453. The van der Waals surface area contributed by atoms with Crippen molar-refractivity contribution >= 4 is 11.2 Å². The van der Waals surface area contributed by atoms with Gasteiger partial charge >= 0.3 is 5.69 Å². The van der Waals surface area contributed by atoms with Gasteiger partial charge in [0.2, 0.25) is 0 Å². The van der Waals surface area contributed by atoms with Gasteiger partial charge in [-0.1, -0.05) is 13.8 Å². The van der Waals surface area contributed by atoms with E-state index in [0.29, 0.717) is 24.3 Å². The molecule has 0 radical (unpaired) electrons. The highest BCUT2D eigenvalue weighted by molar-refractivity contribution is 5.70. The maximum atomic E-state index is 12.0. The minimum atomic E-state index is -0.420. The van der Waals surface area contributed by atoms with Crippen LogP contribution in [0.15, 0.2) is 15.9 Å². The molecular formula is C12H19N5O2. The highest BCUT2D eigenvalue weighted by atomic mass is 16.2. The number of imidazole rings is 1. The highest BCUT2D eigenvalue weighted by Gasteiger charge is 2.16. The number of H-pyrrole nitrogens is 1. The standard InChI is InChI=1S/C12H19N5O2/c1-7(2)5-16-10-9(11(18)15-12(16)19)17(6-14-10)8(3)4-13/h6-8H,4-5,13H2,1-3H3,(H,15,18,19). The molecule has 2 aromatic heterocycles. The molecule has 1 atom stereocenters. The van der Waals surface area contributed by atoms with Crippen molar-refractivity contribution in [2.75, 3.05) is 6.54 Å². The average Bonchev–Trinajstić information content (AvgIpc) is 2.78. The number of aromatic nitrogens is 4. The molecule has 1 unspecified atom stereocenters. The first-order valence-electron chi connectivity index (χ1n) is 6.35. The first kappa shape index (κ1) is 13.5. The van der Waals surface area contributed by atoms with Crippen LogP contribution in [-0.4, -0.2) is 25.6 Å². The van der Waals surface area contributed by atoms with Crippen molar-refractivity contribution in [3.8, 4) is 0 Å². The summed E-state index contributed by atoms with van der Waals surface area (Å²) in [6.45, 7) is 6.82. The molecule has 2 aromatic rings. The lowest BCUT2D eigenvalue weighted by Crippen LogP contribution is -2.32. The Kier molecular flexibility index (Phi) is 3.57. The molecule has 7 heteroatoms. The van der Waals surface area contributed by atoms with E-state index in [-0.39, 0.29) is 12.0 Å². The van der Waals surface area contributed by atoms with E-state index in [1.165, 1.54) is 4.57 Å². The van der Waals surface area contributed by atoms with Crippen LogP contribution in [-0.2, 0) is 6.54 Å². The minimum absolute atomic E-state index is 0.0453. The Bertz CT molecular complexity index is 694. The van der Waals surface area contributed by atoms with Gasteiger partial charge in [0.15, 0.2) is 11.2 Å². The fourth-order valence-electron chi connectivity index (χ4n) is 2.07. The largest absolute Gasteiger partial charge is 0.330 e. The maximum absolute atomic E-state index is 12.0. The first-order valence-corrected chi connectivity index (χ1v) is 6.35. The number of hydrogen-bond acceptors (Lipinski definition) is 4. The highest BCUT2D eigenvalue weighted by Crippen LogP contribution is 2.13. The van der Waals surface area contributed by atoms with E-state index in [9.17, 15) is 9.59 Å². The van der Waals surface area contributed by atoms with Crippen molar-refractivity contribution in [3.05, 3.63) is 27.2 Å². The van der Waals surface area contributed by atoms with Crippen molar-refractivity contribution in [2.24, 2.45) is 11.7 Å². The Balaban J connectivity index is 2.75. The van der Waals surface area contributed by atoms with Gasteiger partial charge in [-0.3, -0.25) is 14.3 Å². The van der Waals surface area contributed by atoms with Gasteiger partial charge in [-0.25, -0.2) is 9.78 Å². The Morgan fingerprint density at radius 1 is 1.37 bits per heavy atom. The van der Waals surface area contributed by atoms with E-state index in [2.05, 4.69) is 9.97 Å². The molecule has 0 saturated heterocycles. The molecule has 2 rings (SSSR count). The van der Waals surface area contributed by atoms with Crippen LogP contribution >= 0.6 is 0 Å². The van der Waals surface area contributed by atoms with Crippen LogP contribution in [0.25, 0.3) is 11.2 Å². The first-order chi connectivity index (χ1) is 8.95. The molecule has 3 N–H and O–H groups in total. The lowest BCUT2D eigenvalue weighted by molar-refractivity contribution is 0.512. The Hall–Kier alpha value is -1.89. The molecule has 0 aromatic carbocycles. The number of nitrogens with two attached hydrogens (primary N) is 1. The summed E-state index contributed by atoms with van der Waals surface area (Å²) in [5.74, 6) is 0.281. The van der Waals surface area contributed by atoms with Gasteiger partial charge in [-0.05, 0) is 12.8 Å². The Morgan fingerprint density at radius 3 is 2.63 bits per heavy atom. The van der Waals surface area contributed by atoms with Gasteiger partial charge in [-0.2, -0.15) is 0 Å². The third-order valence-corrected chi connectivity index (χ3v) is 3.07. The summed E-state index contributed by atoms with van der Waals surface area (Å²) in [5, 5.41) is 0. The lowest BCUT2D eigenvalue weighted by atomic mass is 10.2. The fourth-order valence-corrected chi connectivity index (χ4v) is 2.07. The summed E-state index contributed by atoms with van der Waals surface area (Å²) >= 11 is 0. The second-order valence-electron chi connectivity index (χ2n) is 5.17. The van der Waals surface area contributed by atoms with Gasteiger partial charge < -0.3 is 10.3 Å². The zero-order chi connectivity index (χ0) is 14.2. The Labute approximate surface area is 110 Å². The van der Waals surface area contributed by atoms with Crippen molar-refractivity contribution in [1.29, 1.82) is 0 Å². The monoisotopic (exact) mass is 265 g/mol. The fraction of sp³-hybridized carbons (Fsp3) is 0.583. The van der Waals surface area contributed by atoms with Crippen LogP contribution in [0.5, 0.6) is 0 Å². The third-order valence-electron chi connectivity index (χ3n) is 3.07. The molecule has 0 spiro atoms. The predicted octanol–water partition coefficient (Wildman–Crippen LogP) is 0.0620. The molecule has 0 aliphatic heterocycles. The van der Waals surface area contributed by atoms with Crippen molar-refractivity contribution in [2.45, 2.75) is 33.4 Å². The van der Waals surface area contributed by atoms with E-state index in [4.69, 9.17) is 5.73 Å². The van der Waals surface area contributed by atoms with Gasteiger partial charge in [-0.15, -0.1) is 0 Å². The summed E-state index contributed by atoms with van der Waals surface area (Å²) in [5.41, 5.74) is 5.61. The summed E-state index contributed by atoms with van der Waals surface area (Å²) in [4.78, 5) is 30.4. The van der Waals surface area contributed by atoms with Crippen LogP contribution in [0.4, 0.5) is 0 Å². The van der Waals surface area contributed by atoms with E-state index >= 15 is 0 Å². The molecule has 19 heavy (non-hydrogen) atoms. The van der Waals surface area contributed by atoms with Crippen LogP contribution in [0, 0.1) is 5.92 Å². The van der Waals surface area contributed by atoms with Gasteiger partial charge in [0, 0.05) is 19.1 Å². The van der Waals surface area contributed by atoms with E-state index < -0.39 is 11.2 Å². The molecule has 0 bridgehead atoms. The van der Waals surface area contributed by atoms with Crippen LogP contribution in [0.2, 0.25) is 0 Å². The van der Waals surface area contributed by atoms with Crippen molar-refractivity contribution in [3.63, 3.8) is 0 Å². The predicted molar refractivity (Wildman–Crippen MR) is 73.2 cm³/mol. The number of aromatic amines is 1. The van der Waals surface area contributed by atoms with Gasteiger partial charge in [0.05, 0.1) is 6.33 Å². The average molecular weight is 265 g/mol. The minimum Gasteiger partial charge on any atom is -0.328 e. The van der Waals surface area contributed by atoms with Crippen molar-refractivity contribution in [1.82, 2.24) is 19.1 Å². The molecule has 2 heterocycles. The third kappa shape index (κ3) is 2.33. The molecule has 0 aliphatic carbocycles. The second-order valence-corrected chi connectivity index (χ2v) is 5.17. The molecule has 104 valence electrons. The maximum Gasteiger partial charge on any atom is 0.330 e. The number of rotatable bonds is 4. The van der Waals surface area contributed by atoms with Gasteiger partial charge in [0.25, 0.3) is 5.56 Å². The molecule has 0 aliphatic rings. The zero-order valence-corrected chi connectivity index (χ0v) is 11.4. The number of fused-ring (bicyclic) bond motifs is 1. The summed E-state index contributed by atoms with van der Waals surface area (Å²) in [7, 11) is 0. The molecular weight excluding hydrogens is 246 g/mol. The number of nitrogens with one attached hydrogen (secondary N) is 1. The lowest BCUT2D eigenvalue weighted by Gasteiger charge is -2.12. The number of nitrogens with zero attached hydrogens (tertiary/aromatic N) is 3. The van der Waals surface area contributed by atoms with Crippen LogP contribution in [0.3, 0.4) is 0 Å². The molecule has 0 amide bonds. The molecule has 0 fully saturated rings. The van der Waals surface area contributed by atoms with E-state index in [1.807, 2.05) is 20.8 Å². The van der Waals surface area contributed by atoms with Crippen molar-refractivity contribution < 1.29 is 0 Å². The summed E-state index contributed by atoms with van der Waals surface area (Å²) < 4.78 is 3.21. The Morgan fingerprint density at radius 2 is 2.05 bits per heavy atom.